The molecule has 1 aliphatic rings. The molecule has 1 aliphatic carbocycles. The lowest BCUT2D eigenvalue weighted by molar-refractivity contribution is 0.251. The first-order valence-corrected chi connectivity index (χ1v) is 6.12. The molecule has 2 rings (SSSR count). The van der Waals surface area contributed by atoms with Crippen molar-refractivity contribution in [3.05, 3.63) is 28.5 Å². The molecule has 1 fully saturated rings. The first-order valence-electron chi connectivity index (χ1n) is 5.33. The molecule has 82 valence electrons. The second-order valence-electron chi connectivity index (χ2n) is 4.07. The number of benzene rings is 1. The Morgan fingerprint density at radius 1 is 1.27 bits per heavy atom. The Morgan fingerprint density at radius 2 is 2.00 bits per heavy atom. The molecule has 1 aromatic carbocycles. The van der Waals surface area contributed by atoms with Crippen molar-refractivity contribution < 1.29 is 9.13 Å². The number of hydrogen-bond acceptors (Lipinski definition) is 1. The third-order valence-electron chi connectivity index (χ3n) is 2.80. The van der Waals surface area contributed by atoms with E-state index in [-0.39, 0.29) is 5.82 Å². The van der Waals surface area contributed by atoms with Crippen molar-refractivity contribution >= 4 is 15.9 Å². The monoisotopic (exact) mass is 272 g/mol. The Hall–Kier alpha value is -0.570. The summed E-state index contributed by atoms with van der Waals surface area (Å²) < 4.78 is 19.3. The van der Waals surface area contributed by atoms with Gasteiger partial charge in [-0.05, 0) is 30.9 Å². The van der Waals surface area contributed by atoms with Crippen LogP contribution in [0.4, 0.5) is 4.39 Å². The summed E-state index contributed by atoms with van der Waals surface area (Å²) in [5.41, 5.74) is 0. The predicted molar refractivity (Wildman–Crippen MR) is 61.6 cm³/mol. The molecule has 0 aliphatic heterocycles. The van der Waals surface area contributed by atoms with E-state index in [1.54, 1.807) is 6.07 Å². The molecule has 0 bridgehead atoms. The predicted octanol–water partition coefficient (Wildman–Crippen LogP) is 4.16. The standard InChI is InChI=1S/C12H14BrFO/c13-10-5-11(14)7-12(6-10)15-8-9-3-1-2-4-9/h5-7,9H,1-4,8H2. The maximum atomic E-state index is 13.0. The Bertz CT molecular complexity index is 314. The molecule has 1 nitrogen and oxygen atoms in total. The Kier molecular flexibility index (Phi) is 3.62. The van der Waals surface area contributed by atoms with Crippen LogP contribution in [0.1, 0.15) is 25.7 Å². The Morgan fingerprint density at radius 3 is 2.67 bits per heavy atom. The van der Waals surface area contributed by atoms with E-state index in [1.165, 1.54) is 37.8 Å². The van der Waals surface area contributed by atoms with E-state index in [0.29, 0.717) is 11.7 Å². The minimum absolute atomic E-state index is 0.259. The molecule has 0 atom stereocenters. The molecular formula is C12H14BrFO. The minimum atomic E-state index is -0.259. The second kappa shape index (κ2) is 4.97. The van der Waals surface area contributed by atoms with Gasteiger partial charge in [-0.15, -0.1) is 0 Å². The zero-order chi connectivity index (χ0) is 10.7. The van der Waals surface area contributed by atoms with Crippen molar-refractivity contribution in [1.82, 2.24) is 0 Å². The normalized spacial score (nSPS) is 16.9. The summed E-state index contributed by atoms with van der Waals surface area (Å²) in [6, 6.07) is 4.67. The third kappa shape index (κ3) is 3.20. The first-order chi connectivity index (χ1) is 7.24. The number of halogens is 2. The summed E-state index contributed by atoms with van der Waals surface area (Å²) in [6.45, 7) is 0.718. The van der Waals surface area contributed by atoms with Gasteiger partial charge < -0.3 is 4.74 Å². The minimum Gasteiger partial charge on any atom is -0.493 e. The summed E-state index contributed by atoms with van der Waals surface area (Å²) in [6.07, 6.45) is 5.11. The van der Waals surface area contributed by atoms with Crippen LogP contribution in [0.2, 0.25) is 0 Å². The zero-order valence-corrected chi connectivity index (χ0v) is 10.1. The van der Waals surface area contributed by atoms with E-state index in [2.05, 4.69) is 15.9 Å². The zero-order valence-electron chi connectivity index (χ0n) is 8.51. The van der Waals surface area contributed by atoms with Gasteiger partial charge in [-0.3, -0.25) is 0 Å². The van der Waals surface area contributed by atoms with E-state index in [4.69, 9.17) is 4.74 Å². The van der Waals surface area contributed by atoms with Crippen LogP contribution in [0.3, 0.4) is 0 Å². The number of hydrogen-bond donors (Lipinski definition) is 0. The van der Waals surface area contributed by atoms with Gasteiger partial charge in [0.2, 0.25) is 0 Å². The Labute approximate surface area is 97.8 Å². The molecule has 0 amide bonds. The highest BCUT2D eigenvalue weighted by Crippen LogP contribution is 2.26. The van der Waals surface area contributed by atoms with Gasteiger partial charge in [-0.2, -0.15) is 0 Å². The molecule has 15 heavy (non-hydrogen) atoms. The van der Waals surface area contributed by atoms with E-state index in [1.807, 2.05) is 0 Å². The molecule has 1 aromatic rings. The molecule has 0 radical (unpaired) electrons. The third-order valence-corrected chi connectivity index (χ3v) is 3.25. The smallest absolute Gasteiger partial charge is 0.128 e. The maximum Gasteiger partial charge on any atom is 0.128 e. The van der Waals surface area contributed by atoms with Crippen molar-refractivity contribution in [2.45, 2.75) is 25.7 Å². The lowest BCUT2D eigenvalue weighted by atomic mass is 10.1. The van der Waals surface area contributed by atoms with Gasteiger partial charge in [0.1, 0.15) is 11.6 Å². The van der Waals surface area contributed by atoms with Gasteiger partial charge in [-0.25, -0.2) is 4.39 Å². The molecule has 1 saturated carbocycles. The maximum absolute atomic E-state index is 13.0. The fourth-order valence-electron chi connectivity index (χ4n) is 2.00. The topological polar surface area (TPSA) is 9.23 Å². The molecule has 3 heteroatoms. The van der Waals surface area contributed by atoms with Gasteiger partial charge in [-0.1, -0.05) is 28.8 Å². The summed E-state index contributed by atoms with van der Waals surface area (Å²) in [4.78, 5) is 0. The quantitative estimate of drug-likeness (QED) is 0.803. The van der Waals surface area contributed by atoms with Crippen molar-refractivity contribution in [3.63, 3.8) is 0 Å². The van der Waals surface area contributed by atoms with E-state index in [0.717, 1.165) is 11.1 Å². The second-order valence-corrected chi connectivity index (χ2v) is 4.98. The summed E-state index contributed by atoms with van der Waals surface area (Å²) in [7, 11) is 0. The lowest BCUT2D eigenvalue weighted by Gasteiger charge is -2.11. The molecule has 0 spiro atoms. The fourth-order valence-corrected chi connectivity index (χ4v) is 2.45. The van der Waals surface area contributed by atoms with Crippen LogP contribution in [-0.2, 0) is 0 Å². The molecule has 0 N–H and O–H groups in total. The van der Waals surface area contributed by atoms with Crippen molar-refractivity contribution in [3.8, 4) is 5.75 Å². The fraction of sp³-hybridized carbons (Fsp3) is 0.500. The van der Waals surface area contributed by atoms with Crippen LogP contribution in [0.25, 0.3) is 0 Å². The van der Waals surface area contributed by atoms with Gasteiger partial charge in [0.25, 0.3) is 0 Å². The lowest BCUT2D eigenvalue weighted by Crippen LogP contribution is -2.08. The van der Waals surface area contributed by atoms with Crippen LogP contribution >= 0.6 is 15.9 Å². The number of ether oxygens (including phenoxy) is 1. The first kappa shape index (κ1) is 10.9. The Balaban J connectivity index is 1.92. The van der Waals surface area contributed by atoms with Crippen molar-refractivity contribution in [2.75, 3.05) is 6.61 Å². The van der Waals surface area contributed by atoms with Gasteiger partial charge in [0, 0.05) is 10.5 Å². The summed E-state index contributed by atoms with van der Waals surface area (Å²) in [5, 5.41) is 0. The van der Waals surface area contributed by atoms with Crippen molar-refractivity contribution in [1.29, 1.82) is 0 Å². The highest BCUT2D eigenvalue weighted by Gasteiger charge is 2.15. The molecular weight excluding hydrogens is 259 g/mol. The molecule has 0 saturated heterocycles. The van der Waals surface area contributed by atoms with Gasteiger partial charge in [0.05, 0.1) is 6.61 Å². The van der Waals surface area contributed by atoms with Gasteiger partial charge >= 0.3 is 0 Å². The SMILES string of the molecule is Fc1cc(Br)cc(OCC2CCCC2)c1. The molecule has 0 aromatic heterocycles. The van der Waals surface area contributed by atoms with E-state index in [9.17, 15) is 4.39 Å². The summed E-state index contributed by atoms with van der Waals surface area (Å²) >= 11 is 3.25. The molecule has 0 heterocycles. The average molecular weight is 273 g/mol. The van der Waals surface area contributed by atoms with E-state index >= 15 is 0 Å². The van der Waals surface area contributed by atoms with E-state index < -0.39 is 0 Å². The highest BCUT2D eigenvalue weighted by atomic mass is 79.9. The summed E-state index contributed by atoms with van der Waals surface area (Å²) in [5.74, 6) is 1.02. The van der Waals surface area contributed by atoms with Crippen LogP contribution in [-0.4, -0.2) is 6.61 Å². The average Bonchev–Trinajstić information content (AvgIpc) is 2.65. The van der Waals surface area contributed by atoms with Gasteiger partial charge in [0.15, 0.2) is 0 Å². The van der Waals surface area contributed by atoms with Crippen LogP contribution in [0.15, 0.2) is 22.7 Å². The largest absolute Gasteiger partial charge is 0.493 e. The number of rotatable bonds is 3. The highest BCUT2D eigenvalue weighted by molar-refractivity contribution is 9.10. The van der Waals surface area contributed by atoms with Crippen LogP contribution in [0, 0.1) is 11.7 Å². The van der Waals surface area contributed by atoms with Crippen LogP contribution < -0.4 is 4.74 Å². The van der Waals surface area contributed by atoms with Crippen LogP contribution in [0.5, 0.6) is 5.75 Å². The van der Waals surface area contributed by atoms with Crippen molar-refractivity contribution in [2.24, 2.45) is 5.92 Å². The molecule has 0 unspecified atom stereocenters.